The molecule has 0 aliphatic heterocycles. The largest absolute Gasteiger partial charge is 0.293 e. The molecule has 0 amide bonds. The van der Waals surface area contributed by atoms with Crippen LogP contribution in [-0.2, 0) is 4.79 Å². The van der Waals surface area contributed by atoms with Gasteiger partial charge in [-0.15, -0.1) is 11.8 Å². The SMILES string of the molecule is CSC1=CCCC(C)C1=O. The van der Waals surface area contributed by atoms with E-state index in [-0.39, 0.29) is 5.92 Å². The van der Waals surface area contributed by atoms with Crippen LogP contribution in [0, 0.1) is 5.92 Å². The van der Waals surface area contributed by atoms with Crippen LogP contribution in [0.3, 0.4) is 0 Å². The Morgan fingerprint density at radius 3 is 2.90 bits per heavy atom. The summed E-state index contributed by atoms with van der Waals surface area (Å²) in [7, 11) is 0. The first-order valence-electron chi connectivity index (χ1n) is 3.54. The van der Waals surface area contributed by atoms with Gasteiger partial charge in [-0.1, -0.05) is 13.0 Å². The Kier molecular flexibility index (Phi) is 2.55. The van der Waals surface area contributed by atoms with Crippen molar-refractivity contribution in [3.8, 4) is 0 Å². The van der Waals surface area contributed by atoms with E-state index in [0.29, 0.717) is 5.78 Å². The smallest absolute Gasteiger partial charge is 0.171 e. The maximum atomic E-state index is 11.3. The second kappa shape index (κ2) is 3.24. The molecule has 0 fully saturated rings. The van der Waals surface area contributed by atoms with E-state index in [9.17, 15) is 4.79 Å². The standard InChI is InChI=1S/C8H12OS/c1-6-4-3-5-7(10-2)8(6)9/h5-6H,3-4H2,1-2H3. The van der Waals surface area contributed by atoms with E-state index in [1.807, 2.05) is 19.3 Å². The van der Waals surface area contributed by atoms with Crippen molar-refractivity contribution < 1.29 is 4.79 Å². The van der Waals surface area contributed by atoms with Crippen LogP contribution in [-0.4, -0.2) is 12.0 Å². The Balaban J connectivity index is 2.72. The quantitative estimate of drug-likeness (QED) is 0.579. The van der Waals surface area contributed by atoms with Gasteiger partial charge >= 0.3 is 0 Å². The van der Waals surface area contributed by atoms with Crippen LogP contribution in [0.25, 0.3) is 0 Å². The van der Waals surface area contributed by atoms with Crippen LogP contribution < -0.4 is 0 Å². The zero-order chi connectivity index (χ0) is 7.56. The number of hydrogen-bond donors (Lipinski definition) is 0. The molecule has 1 aliphatic carbocycles. The average Bonchev–Trinajstić information content (AvgIpc) is 1.95. The van der Waals surface area contributed by atoms with Gasteiger partial charge < -0.3 is 0 Å². The minimum atomic E-state index is 0.257. The molecule has 1 nitrogen and oxygen atoms in total. The number of allylic oxidation sites excluding steroid dienone is 2. The highest BCUT2D eigenvalue weighted by Gasteiger charge is 2.19. The number of rotatable bonds is 1. The predicted molar refractivity (Wildman–Crippen MR) is 45.0 cm³/mol. The van der Waals surface area contributed by atoms with Crippen LogP contribution in [0.2, 0.25) is 0 Å². The van der Waals surface area contributed by atoms with Crippen molar-refractivity contribution in [3.63, 3.8) is 0 Å². The molecule has 2 heteroatoms. The fraction of sp³-hybridized carbons (Fsp3) is 0.625. The Morgan fingerprint density at radius 1 is 1.70 bits per heavy atom. The van der Waals surface area contributed by atoms with Crippen LogP contribution in [0.4, 0.5) is 0 Å². The van der Waals surface area contributed by atoms with Gasteiger partial charge in [-0.05, 0) is 19.1 Å². The van der Waals surface area contributed by atoms with Gasteiger partial charge in [-0.2, -0.15) is 0 Å². The van der Waals surface area contributed by atoms with E-state index in [1.54, 1.807) is 11.8 Å². The number of Topliss-reactive ketones (excluding diaryl/α,β-unsaturated/α-hetero) is 1. The first-order chi connectivity index (χ1) is 4.75. The molecule has 0 aromatic carbocycles. The van der Waals surface area contributed by atoms with Gasteiger partial charge in [0.15, 0.2) is 5.78 Å². The Labute approximate surface area is 65.9 Å². The van der Waals surface area contributed by atoms with E-state index in [0.717, 1.165) is 17.7 Å². The maximum absolute atomic E-state index is 11.3. The molecule has 1 aliphatic rings. The monoisotopic (exact) mass is 156 g/mol. The van der Waals surface area contributed by atoms with E-state index in [1.165, 1.54) is 0 Å². The van der Waals surface area contributed by atoms with Gasteiger partial charge in [0, 0.05) is 10.8 Å². The highest BCUT2D eigenvalue weighted by atomic mass is 32.2. The highest BCUT2D eigenvalue weighted by Crippen LogP contribution is 2.25. The number of carbonyl (C=O) groups excluding carboxylic acids is 1. The molecule has 0 N–H and O–H groups in total. The second-order valence-electron chi connectivity index (χ2n) is 2.62. The van der Waals surface area contributed by atoms with Gasteiger partial charge in [-0.25, -0.2) is 0 Å². The number of thioether (sulfide) groups is 1. The van der Waals surface area contributed by atoms with Crippen molar-refractivity contribution in [1.82, 2.24) is 0 Å². The molecule has 0 spiro atoms. The van der Waals surface area contributed by atoms with Crippen LogP contribution in [0.5, 0.6) is 0 Å². The van der Waals surface area contributed by atoms with Crippen LogP contribution in [0.15, 0.2) is 11.0 Å². The molecule has 0 radical (unpaired) electrons. The number of ketones is 1. The van der Waals surface area contributed by atoms with Crippen molar-refractivity contribution in [2.45, 2.75) is 19.8 Å². The minimum absolute atomic E-state index is 0.257. The third-order valence-corrected chi connectivity index (χ3v) is 2.65. The molecule has 10 heavy (non-hydrogen) atoms. The molecule has 1 unspecified atom stereocenters. The zero-order valence-electron chi connectivity index (χ0n) is 6.39. The highest BCUT2D eigenvalue weighted by molar-refractivity contribution is 8.03. The zero-order valence-corrected chi connectivity index (χ0v) is 7.20. The second-order valence-corrected chi connectivity index (χ2v) is 3.46. The summed E-state index contributed by atoms with van der Waals surface area (Å²) in [4.78, 5) is 12.2. The molecular weight excluding hydrogens is 144 g/mol. The predicted octanol–water partition coefficient (Wildman–Crippen LogP) is 2.23. The summed E-state index contributed by atoms with van der Waals surface area (Å²) in [6, 6.07) is 0. The maximum Gasteiger partial charge on any atom is 0.171 e. The summed E-state index contributed by atoms with van der Waals surface area (Å²) < 4.78 is 0. The molecular formula is C8H12OS. The summed E-state index contributed by atoms with van der Waals surface area (Å²) in [5, 5.41) is 0. The third-order valence-electron chi connectivity index (χ3n) is 1.84. The average molecular weight is 156 g/mol. The van der Waals surface area contributed by atoms with Crippen molar-refractivity contribution in [2.24, 2.45) is 5.92 Å². The first-order valence-corrected chi connectivity index (χ1v) is 4.76. The molecule has 0 aromatic heterocycles. The summed E-state index contributed by atoms with van der Waals surface area (Å²) in [5.41, 5.74) is 0. The molecule has 0 bridgehead atoms. The summed E-state index contributed by atoms with van der Waals surface area (Å²) >= 11 is 1.57. The summed E-state index contributed by atoms with van der Waals surface area (Å²) in [6.45, 7) is 2.01. The van der Waals surface area contributed by atoms with E-state index < -0.39 is 0 Å². The van der Waals surface area contributed by atoms with Gasteiger partial charge in [0.1, 0.15) is 0 Å². The lowest BCUT2D eigenvalue weighted by molar-refractivity contribution is -0.118. The van der Waals surface area contributed by atoms with Gasteiger partial charge in [0.05, 0.1) is 0 Å². The molecule has 0 aromatic rings. The minimum Gasteiger partial charge on any atom is -0.293 e. The van der Waals surface area contributed by atoms with Crippen molar-refractivity contribution in [1.29, 1.82) is 0 Å². The first kappa shape index (κ1) is 7.86. The molecule has 0 saturated carbocycles. The lowest BCUT2D eigenvalue weighted by atomic mass is 9.95. The molecule has 0 saturated heterocycles. The third kappa shape index (κ3) is 1.43. The van der Waals surface area contributed by atoms with Crippen molar-refractivity contribution in [3.05, 3.63) is 11.0 Å². The normalized spacial score (nSPS) is 26.4. The Hall–Kier alpha value is -0.240. The van der Waals surface area contributed by atoms with Gasteiger partial charge in [0.2, 0.25) is 0 Å². The van der Waals surface area contributed by atoms with E-state index in [4.69, 9.17) is 0 Å². The molecule has 1 rings (SSSR count). The van der Waals surface area contributed by atoms with E-state index in [2.05, 4.69) is 0 Å². The fourth-order valence-corrected chi connectivity index (χ4v) is 1.81. The van der Waals surface area contributed by atoms with Crippen molar-refractivity contribution >= 4 is 17.5 Å². The number of hydrogen-bond acceptors (Lipinski definition) is 2. The topological polar surface area (TPSA) is 17.1 Å². The Bertz CT molecular complexity index is 172. The lowest BCUT2D eigenvalue weighted by Gasteiger charge is -2.15. The lowest BCUT2D eigenvalue weighted by Crippen LogP contribution is -2.15. The van der Waals surface area contributed by atoms with Crippen LogP contribution in [0.1, 0.15) is 19.8 Å². The van der Waals surface area contributed by atoms with Crippen molar-refractivity contribution in [2.75, 3.05) is 6.26 Å². The molecule has 56 valence electrons. The van der Waals surface area contributed by atoms with Crippen LogP contribution >= 0.6 is 11.8 Å². The molecule has 0 heterocycles. The molecule has 1 atom stereocenters. The Morgan fingerprint density at radius 2 is 2.40 bits per heavy atom. The van der Waals surface area contributed by atoms with Gasteiger partial charge in [0.25, 0.3) is 0 Å². The van der Waals surface area contributed by atoms with Gasteiger partial charge in [-0.3, -0.25) is 4.79 Å². The summed E-state index contributed by atoms with van der Waals surface area (Å²) in [6.07, 6.45) is 6.11. The fourth-order valence-electron chi connectivity index (χ4n) is 1.12. The number of carbonyl (C=O) groups is 1. The van der Waals surface area contributed by atoms with E-state index >= 15 is 0 Å². The summed E-state index contributed by atoms with van der Waals surface area (Å²) in [5.74, 6) is 0.589.